The molecule has 27 heavy (non-hydrogen) atoms. The Kier molecular flexibility index (Phi) is 4.71. The van der Waals surface area contributed by atoms with Crippen LogP contribution in [-0.2, 0) is 5.54 Å². The van der Waals surface area contributed by atoms with Crippen LogP contribution in [0.4, 0.5) is 0 Å². The van der Waals surface area contributed by atoms with Gasteiger partial charge < -0.3 is 0 Å². The van der Waals surface area contributed by atoms with Crippen molar-refractivity contribution in [1.29, 1.82) is 0 Å². The molecule has 0 N–H and O–H groups in total. The largest absolute Gasteiger partial charge is 0.249 e. The second-order valence-electron chi connectivity index (χ2n) is 6.71. The van der Waals surface area contributed by atoms with Crippen molar-refractivity contribution in [2.75, 3.05) is 0 Å². The van der Waals surface area contributed by atoms with E-state index in [4.69, 9.17) is 5.10 Å². The maximum atomic E-state index is 4.98. The Labute approximate surface area is 168 Å². The molecule has 0 saturated carbocycles. The van der Waals surface area contributed by atoms with E-state index in [1.165, 1.54) is 16.7 Å². The second-order valence-corrected chi connectivity index (χ2v) is 7.50. The molecule has 4 aromatic rings. The van der Waals surface area contributed by atoms with Crippen LogP contribution in [0, 0.1) is 13.8 Å². The van der Waals surface area contributed by atoms with E-state index < -0.39 is 5.54 Å². The van der Waals surface area contributed by atoms with Gasteiger partial charge in [0.05, 0.1) is 15.9 Å². The molecule has 0 bridgehead atoms. The minimum absolute atomic E-state index is 0.551. The summed E-state index contributed by atoms with van der Waals surface area (Å²) in [6, 6.07) is 31.8. The summed E-state index contributed by atoms with van der Waals surface area (Å²) in [5, 5.41) is 4.98. The van der Waals surface area contributed by atoms with Gasteiger partial charge in [0.25, 0.3) is 0 Å². The summed E-state index contributed by atoms with van der Waals surface area (Å²) in [4.78, 5) is 0. The fourth-order valence-corrected chi connectivity index (χ4v) is 4.10. The molecule has 0 atom stereocenters. The third kappa shape index (κ3) is 2.83. The monoisotopic (exact) mass is 416 g/mol. The molecule has 0 spiro atoms. The molecule has 0 fully saturated rings. The maximum absolute atomic E-state index is 4.98. The van der Waals surface area contributed by atoms with E-state index in [1.54, 1.807) is 0 Å². The SMILES string of the molecule is Cc1nn(C(c2ccccc2)(c2ccccc2)c2ccccc2)c(C)c1Br. The number of aromatic nitrogens is 2. The van der Waals surface area contributed by atoms with Crippen LogP contribution in [0.2, 0.25) is 0 Å². The van der Waals surface area contributed by atoms with Crippen LogP contribution in [0.25, 0.3) is 0 Å². The molecule has 1 heterocycles. The number of benzene rings is 3. The van der Waals surface area contributed by atoms with Gasteiger partial charge >= 0.3 is 0 Å². The first kappa shape index (κ1) is 17.7. The van der Waals surface area contributed by atoms with Crippen molar-refractivity contribution in [3.8, 4) is 0 Å². The van der Waals surface area contributed by atoms with Crippen molar-refractivity contribution in [1.82, 2.24) is 9.78 Å². The molecule has 0 unspecified atom stereocenters. The van der Waals surface area contributed by atoms with E-state index in [1.807, 2.05) is 6.92 Å². The highest BCUT2D eigenvalue weighted by molar-refractivity contribution is 9.10. The van der Waals surface area contributed by atoms with Gasteiger partial charge in [0.2, 0.25) is 0 Å². The second kappa shape index (κ2) is 7.16. The Bertz CT molecular complexity index is 941. The molecule has 3 aromatic carbocycles. The van der Waals surface area contributed by atoms with Gasteiger partial charge in [0.1, 0.15) is 5.54 Å². The zero-order valence-electron chi connectivity index (χ0n) is 15.4. The molecular weight excluding hydrogens is 396 g/mol. The normalized spacial score (nSPS) is 11.5. The Balaban J connectivity index is 2.18. The number of halogens is 1. The minimum atomic E-state index is -0.551. The van der Waals surface area contributed by atoms with Crippen LogP contribution in [-0.4, -0.2) is 9.78 Å². The maximum Gasteiger partial charge on any atom is 0.138 e. The van der Waals surface area contributed by atoms with Crippen LogP contribution in [0.3, 0.4) is 0 Å². The number of nitrogens with zero attached hydrogens (tertiary/aromatic N) is 2. The third-order valence-corrected chi connectivity index (χ3v) is 6.24. The Morgan fingerprint density at radius 1 is 0.667 bits per heavy atom. The lowest BCUT2D eigenvalue weighted by molar-refractivity contribution is 0.447. The first-order chi connectivity index (χ1) is 13.2. The summed E-state index contributed by atoms with van der Waals surface area (Å²) in [6.45, 7) is 4.16. The average molecular weight is 417 g/mol. The summed E-state index contributed by atoms with van der Waals surface area (Å²) in [5.74, 6) is 0. The highest BCUT2D eigenvalue weighted by atomic mass is 79.9. The van der Waals surface area contributed by atoms with Crippen molar-refractivity contribution < 1.29 is 0 Å². The van der Waals surface area contributed by atoms with Crippen molar-refractivity contribution in [3.05, 3.63) is 124 Å². The van der Waals surface area contributed by atoms with Crippen molar-refractivity contribution in [2.45, 2.75) is 19.4 Å². The van der Waals surface area contributed by atoms with Crippen LogP contribution < -0.4 is 0 Å². The minimum Gasteiger partial charge on any atom is -0.249 e. The van der Waals surface area contributed by atoms with Gasteiger partial charge in [-0.15, -0.1) is 0 Å². The summed E-state index contributed by atoms with van der Waals surface area (Å²) < 4.78 is 3.21. The summed E-state index contributed by atoms with van der Waals surface area (Å²) >= 11 is 3.73. The molecule has 2 nitrogen and oxygen atoms in total. The van der Waals surface area contributed by atoms with Gasteiger partial charge in [-0.05, 0) is 46.5 Å². The molecule has 1 aromatic heterocycles. The van der Waals surface area contributed by atoms with E-state index in [0.717, 1.165) is 15.9 Å². The zero-order valence-corrected chi connectivity index (χ0v) is 17.0. The summed E-state index contributed by atoms with van der Waals surface area (Å²) in [7, 11) is 0. The Morgan fingerprint density at radius 2 is 1.04 bits per heavy atom. The quantitative estimate of drug-likeness (QED) is 0.367. The van der Waals surface area contributed by atoms with Crippen molar-refractivity contribution in [2.24, 2.45) is 0 Å². The van der Waals surface area contributed by atoms with Gasteiger partial charge in [-0.25, -0.2) is 4.68 Å². The molecular formula is C24H21BrN2. The van der Waals surface area contributed by atoms with E-state index in [9.17, 15) is 0 Å². The van der Waals surface area contributed by atoms with Gasteiger partial charge in [-0.2, -0.15) is 5.10 Å². The molecule has 4 rings (SSSR count). The van der Waals surface area contributed by atoms with E-state index >= 15 is 0 Å². The molecule has 0 aliphatic carbocycles. The number of hydrogen-bond donors (Lipinski definition) is 0. The molecule has 134 valence electrons. The van der Waals surface area contributed by atoms with Crippen molar-refractivity contribution >= 4 is 15.9 Å². The molecule has 3 heteroatoms. The Hall–Kier alpha value is -2.65. The van der Waals surface area contributed by atoms with Gasteiger partial charge in [0, 0.05) is 0 Å². The smallest absolute Gasteiger partial charge is 0.138 e. The standard InChI is InChI=1S/C24H21BrN2/c1-18-23(25)19(2)27(26-18)24(20-12-6-3-7-13-20,21-14-8-4-9-15-21)22-16-10-5-11-17-22/h3-17H,1-2H3. The highest BCUT2D eigenvalue weighted by Crippen LogP contribution is 2.42. The average Bonchev–Trinajstić information content (AvgIpc) is 2.99. The molecule has 0 saturated heterocycles. The van der Waals surface area contributed by atoms with Crippen LogP contribution in [0.5, 0.6) is 0 Å². The Morgan fingerprint density at radius 3 is 1.33 bits per heavy atom. The van der Waals surface area contributed by atoms with Crippen LogP contribution in [0.15, 0.2) is 95.5 Å². The third-order valence-electron chi connectivity index (χ3n) is 5.10. The lowest BCUT2D eigenvalue weighted by Gasteiger charge is -2.37. The summed E-state index contributed by atoms with van der Waals surface area (Å²) in [6.07, 6.45) is 0. The molecule has 0 radical (unpaired) electrons. The lowest BCUT2D eigenvalue weighted by atomic mass is 9.77. The number of aryl methyl sites for hydroxylation is 1. The van der Waals surface area contributed by atoms with E-state index in [-0.39, 0.29) is 0 Å². The van der Waals surface area contributed by atoms with Crippen LogP contribution >= 0.6 is 15.9 Å². The topological polar surface area (TPSA) is 17.8 Å². The predicted molar refractivity (Wildman–Crippen MR) is 114 cm³/mol. The summed E-state index contributed by atoms with van der Waals surface area (Å²) in [5.41, 5.74) is 5.08. The van der Waals surface area contributed by atoms with Gasteiger partial charge in [-0.1, -0.05) is 91.0 Å². The number of rotatable bonds is 4. The zero-order chi connectivity index (χ0) is 18.9. The van der Waals surface area contributed by atoms with Gasteiger partial charge in [-0.3, -0.25) is 0 Å². The number of hydrogen-bond acceptors (Lipinski definition) is 1. The molecule has 0 aliphatic heterocycles. The lowest BCUT2D eigenvalue weighted by Crippen LogP contribution is -2.39. The highest BCUT2D eigenvalue weighted by Gasteiger charge is 2.40. The van der Waals surface area contributed by atoms with Crippen molar-refractivity contribution in [3.63, 3.8) is 0 Å². The first-order valence-corrected chi connectivity index (χ1v) is 9.83. The fraction of sp³-hybridized carbons (Fsp3) is 0.125. The fourth-order valence-electron chi connectivity index (χ4n) is 3.86. The first-order valence-electron chi connectivity index (χ1n) is 9.04. The predicted octanol–water partition coefficient (Wildman–Crippen LogP) is 6.10. The van der Waals surface area contributed by atoms with E-state index in [2.05, 4.69) is 119 Å². The van der Waals surface area contributed by atoms with Gasteiger partial charge in [0.15, 0.2) is 0 Å². The van der Waals surface area contributed by atoms with Crippen LogP contribution in [0.1, 0.15) is 28.1 Å². The molecule has 0 aliphatic rings. The van der Waals surface area contributed by atoms with E-state index in [0.29, 0.717) is 0 Å². The molecule has 0 amide bonds.